The molecule has 4 nitrogen and oxygen atoms in total. The molecule has 0 aliphatic rings. The highest BCUT2D eigenvalue weighted by atomic mass is 32.1. The minimum Gasteiger partial charge on any atom is -0.490 e. The summed E-state index contributed by atoms with van der Waals surface area (Å²) in [5, 5.41) is 24.6. The van der Waals surface area contributed by atoms with Gasteiger partial charge in [-0.2, -0.15) is 10.5 Å². The fourth-order valence-corrected chi connectivity index (χ4v) is 15.2. The number of hydrogen-bond donors (Lipinski definition) is 0. The highest BCUT2D eigenvalue weighted by Crippen LogP contribution is 2.57. The van der Waals surface area contributed by atoms with E-state index in [0.717, 1.165) is 80.6 Å². The molecule has 8 rings (SSSR count). The van der Waals surface area contributed by atoms with Gasteiger partial charge in [-0.25, -0.2) is 0 Å². The van der Waals surface area contributed by atoms with Gasteiger partial charge in [0.25, 0.3) is 0 Å². The zero-order valence-corrected chi connectivity index (χ0v) is 37.1. The first-order chi connectivity index (χ1) is 27.5. The Morgan fingerprint density at radius 3 is 1.36 bits per heavy atom. The molecule has 286 valence electrons. The van der Waals surface area contributed by atoms with Crippen molar-refractivity contribution >= 4 is 107 Å². The predicted octanol–water partition coefficient (Wildman–Crippen LogP) is 16.6. The zero-order chi connectivity index (χ0) is 38.8. The zero-order valence-electron chi connectivity index (χ0n) is 32.2. The van der Waals surface area contributed by atoms with Crippen LogP contribution in [0.2, 0.25) is 0 Å². The molecule has 2 atom stereocenters. The second-order valence-electron chi connectivity index (χ2n) is 14.4. The molecule has 2 aromatic carbocycles. The molecule has 8 aromatic rings. The Bertz CT molecular complexity index is 2530. The molecule has 0 aliphatic carbocycles. The van der Waals surface area contributed by atoms with Crippen LogP contribution in [0.4, 0.5) is 0 Å². The van der Waals surface area contributed by atoms with E-state index in [1.54, 1.807) is 68.0 Å². The third-order valence-corrected chi connectivity index (χ3v) is 18.4. The Kier molecular flexibility index (Phi) is 12.2. The van der Waals surface area contributed by atoms with Crippen molar-refractivity contribution in [2.75, 3.05) is 13.2 Å². The van der Waals surface area contributed by atoms with Gasteiger partial charge in [0.1, 0.15) is 23.3 Å². The minimum absolute atomic E-state index is 0.402. The summed E-state index contributed by atoms with van der Waals surface area (Å²) in [5.41, 5.74) is 1.03. The van der Waals surface area contributed by atoms with Crippen LogP contribution in [-0.4, -0.2) is 13.2 Å². The molecule has 0 bridgehead atoms. The summed E-state index contributed by atoms with van der Waals surface area (Å²) in [4.78, 5) is 5.71. The summed E-state index contributed by atoms with van der Waals surface area (Å²) in [6, 6.07) is 26.9. The summed E-state index contributed by atoms with van der Waals surface area (Å²) >= 11 is 10.3. The standard InChI is InChI=1S/C46H44N2O2S6/c1-5-9-15-27(7-3)25-49-39-31(23-47)43(55-45(39)37-21-35-41(53-37)29-17-11-13-19-33(29)51-35)44-32(24-48)40(50-26-28(8-4)16-10-6-2)46(56-44)38-22-36-42(54-38)30-18-12-14-20-34(30)52-36/h11-14,17-22,27-28H,5-10,15-16,25-26H2,1-4H3. The van der Waals surface area contributed by atoms with Crippen LogP contribution in [0, 0.1) is 34.5 Å². The van der Waals surface area contributed by atoms with Crippen LogP contribution < -0.4 is 9.47 Å². The molecule has 56 heavy (non-hydrogen) atoms. The normalized spacial score (nSPS) is 12.8. The highest BCUT2D eigenvalue weighted by molar-refractivity contribution is 7.36. The first-order valence-electron chi connectivity index (χ1n) is 19.7. The van der Waals surface area contributed by atoms with Crippen LogP contribution in [0.15, 0.2) is 60.7 Å². The molecule has 0 spiro atoms. The van der Waals surface area contributed by atoms with E-state index in [1.807, 2.05) is 0 Å². The van der Waals surface area contributed by atoms with Crippen LogP contribution in [0.1, 0.15) is 90.2 Å². The van der Waals surface area contributed by atoms with E-state index in [9.17, 15) is 10.5 Å². The van der Waals surface area contributed by atoms with E-state index >= 15 is 0 Å². The van der Waals surface area contributed by atoms with Crippen molar-refractivity contribution in [1.82, 2.24) is 0 Å². The molecule has 0 aliphatic heterocycles. The van der Waals surface area contributed by atoms with Crippen molar-refractivity contribution in [3.05, 3.63) is 71.8 Å². The minimum atomic E-state index is 0.402. The van der Waals surface area contributed by atoms with E-state index < -0.39 is 0 Å². The van der Waals surface area contributed by atoms with E-state index in [-0.39, 0.29) is 0 Å². The second-order valence-corrected chi connectivity index (χ2v) is 20.7. The topological polar surface area (TPSA) is 66.0 Å². The Balaban J connectivity index is 1.29. The van der Waals surface area contributed by atoms with Gasteiger partial charge in [-0.05, 0) is 48.9 Å². The number of rotatable bonds is 17. The summed E-state index contributed by atoms with van der Waals surface area (Å²) in [6.07, 6.45) is 8.84. The number of hydrogen-bond acceptors (Lipinski definition) is 10. The van der Waals surface area contributed by atoms with Gasteiger partial charge in [-0.15, -0.1) is 68.0 Å². The maximum Gasteiger partial charge on any atom is 0.157 e. The van der Waals surface area contributed by atoms with Crippen molar-refractivity contribution in [2.24, 2.45) is 11.8 Å². The average molecular weight is 849 g/mol. The van der Waals surface area contributed by atoms with Crippen LogP contribution in [0.5, 0.6) is 11.5 Å². The molecule has 0 saturated heterocycles. The Morgan fingerprint density at radius 1 is 0.536 bits per heavy atom. The summed E-state index contributed by atoms with van der Waals surface area (Å²) < 4.78 is 21.2. The van der Waals surface area contributed by atoms with Gasteiger partial charge in [0.05, 0.1) is 51.9 Å². The van der Waals surface area contributed by atoms with Gasteiger partial charge in [-0.1, -0.05) is 103 Å². The van der Waals surface area contributed by atoms with Crippen molar-refractivity contribution in [1.29, 1.82) is 10.5 Å². The van der Waals surface area contributed by atoms with E-state index in [2.05, 4.69) is 100 Å². The number of nitriles is 2. The fraction of sp³-hybridized carbons (Fsp3) is 0.348. The molecular formula is C46H44N2O2S6. The molecule has 0 N–H and O–H groups in total. The predicted molar refractivity (Wildman–Crippen MR) is 247 cm³/mol. The molecule has 6 aromatic heterocycles. The van der Waals surface area contributed by atoms with Crippen molar-refractivity contribution < 1.29 is 9.47 Å². The third-order valence-electron chi connectivity index (χ3n) is 10.7. The van der Waals surface area contributed by atoms with Crippen molar-refractivity contribution in [3.63, 3.8) is 0 Å². The second kappa shape index (κ2) is 17.4. The van der Waals surface area contributed by atoms with Crippen LogP contribution in [0.3, 0.4) is 0 Å². The number of fused-ring (bicyclic) bond motifs is 6. The van der Waals surface area contributed by atoms with Gasteiger partial charge >= 0.3 is 0 Å². The molecule has 0 fully saturated rings. The fourth-order valence-electron chi connectivity index (χ4n) is 7.38. The maximum absolute atomic E-state index is 11.0. The van der Waals surface area contributed by atoms with E-state index in [4.69, 9.17) is 9.47 Å². The molecule has 10 heteroatoms. The molecule has 6 heterocycles. The Labute approximate surface area is 353 Å². The number of nitrogens with zero attached hydrogens (tertiary/aromatic N) is 2. The van der Waals surface area contributed by atoms with Crippen molar-refractivity contribution in [3.8, 4) is 52.9 Å². The van der Waals surface area contributed by atoms with Crippen LogP contribution in [0.25, 0.3) is 68.2 Å². The number of thiophene rings is 6. The van der Waals surface area contributed by atoms with Gasteiger partial charge < -0.3 is 9.47 Å². The summed E-state index contributed by atoms with van der Waals surface area (Å²) in [5.74, 6) is 2.10. The van der Waals surface area contributed by atoms with Crippen molar-refractivity contribution in [2.45, 2.75) is 79.1 Å². The lowest BCUT2D eigenvalue weighted by atomic mass is 10.0. The molecule has 2 unspecified atom stereocenters. The first-order valence-corrected chi connectivity index (χ1v) is 24.6. The number of unbranched alkanes of at least 4 members (excludes halogenated alkanes) is 2. The van der Waals surface area contributed by atoms with Crippen LogP contribution >= 0.6 is 68.0 Å². The summed E-state index contributed by atoms with van der Waals surface area (Å²) in [7, 11) is 0. The van der Waals surface area contributed by atoms with Gasteiger partial charge in [0, 0.05) is 29.6 Å². The smallest absolute Gasteiger partial charge is 0.157 e. The van der Waals surface area contributed by atoms with E-state index in [0.29, 0.717) is 47.7 Å². The molecule has 0 amide bonds. The highest BCUT2D eigenvalue weighted by Gasteiger charge is 2.31. The van der Waals surface area contributed by atoms with Crippen LogP contribution in [-0.2, 0) is 0 Å². The van der Waals surface area contributed by atoms with Gasteiger partial charge in [-0.3, -0.25) is 0 Å². The molecular weight excluding hydrogens is 805 g/mol. The lowest BCUT2D eigenvalue weighted by Gasteiger charge is -2.16. The monoisotopic (exact) mass is 848 g/mol. The largest absolute Gasteiger partial charge is 0.490 e. The van der Waals surface area contributed by atoms with Gasteiger partial charge in [0.15, 0.2) is 11.5 Å². The Morgan fingerprint density at radius 2 is 0.964 bits per heavy atom. The Hall–Kier alpha value is -3.74. The number of ether oxygens (including phenoxy) is 2. The molecule has 0 radical (unpaired) electrons. The quantitative estimate of drug-likeness (QED) is 0.0915. The van der Waals surface area contributed by atoms with Gasteiger partial charge in [0.2, 0.25) is 0 Å². The maximum atomic E-state index is 11.0. The average Bonchev–Trinajstić information content (AvgIpc) is 4.07. The SMILES string of the molecule is CCCCC(CC)COc1c(-c2cc3sc4ccccc4c3s2)sc(-c2sc(-c3cc4sc5ccccc5c4s3)c(OCC(CC)CCCC)c2C#N)c1C#N. The summed E-state index contributed by atoms with van der Waals surface area (Å²) in [6.45, 7) is 10.0. The third kappa shape index (κ3) is 7.41. The number of benzene rings is 2. The lowest BCUT2D eigenvalue weighted by Crippen LogP contribution is -2.12. The van der Waals surface area contributed by atoms with E-state index in [1.165, 1.54) is 39.0 Å². The lowest BCUT2D eigenvalue weighted by molar-refractivity contribution is 0.234. The molecule has 0 saturated carbocycles. The first kappa shape index (κ1) is 39.1.